The van der Waals surface area contributed by atoms with Crippen molar-refractivity contribution < 1.29 is 4.74 Å². The summed E-state index contributed by atoms with van der Waals surface area (Å²) in [6, 6.07) is 12.9. The van der Waals surface area contributed by atoms with Crippen LogP contribution < -0.4 is 10.1 Å². The van der Waals surface area contributed by atoms with E-state index in [0.29, 0.717) is 6.04 Å². The monoisotopic (exact) mass is 409 g/mol. The minimum absolute atomic E-state index is 0.0612. The number of fused-ring (bicyclic) bond motifs is 1. The second kappa shape index (κ2) is 6.11. The maximum Gasteiger partial charge on any atom is 0.127 e. The van der Waals surface area contributed by atoms with Crippen molar-refractivity contribution in [2.75, 3.05) is 7.05 Å². The molecule has 2 aromatic carbocycles. The van der Waals surface area contributed by atoms with Gasteiger partial charge in [-0.05, 0) is 43.8 Å². The quantitative estimate of drug-likeness (QED) is 0.724. The smallest absolute Gasteiger partial charge is 0.127 e. The normalized spacial score (nSPS) is 20.8. The molecule has 0 amide bonds. The lowest BCUT2D eigenvalue weighted by molar-refractivity contribution is 0.153. The van der Waals surface area contributed by atoms with Crippen molar-refractivity contribution in [2.24, 2.45) is 0 Å². The molecular formula is C17H17Br2NO. The summed E-state index contributed by atoms with van der Waals surface area (Å²) in [5, 5.41) is 3.40. The second-order valence-corrected chi connectivity index (χ2v) is 7.16. The highest BCUT2D eigenvalue weighted by atomic mass is 79.9. The number of rotatable bonds is 2. The molecule has 4 heteroatoms. The standard InChI is InChI=1S/C17H17Br2NO/c1-10-3-5-12(14(19)7-10)17-9-15(20-2)13-8-11(18)4-6-16(13)21-17/h3-8,15,17,20H,9H2,1-2H3. The summed E-state index contributed by atoms with van der Waals surface area (Å²) in [7, 11) is 2.00. The fourth-order valence-corrected chi connectivity index (χ4v) is 3.93. The zero-order chi connectivity index (χ0) is 15.0. The van der Waals surface area contributed by atoms with E-state index >= 15 is 0 Å². The molecule has 2 unspecified atom stereocenters. The molecule has 1 heterocycles. The van der Waals surface area contributed by atoms with E-state index in [-0.39, 0.29) is 6.10 Å². The van der Waals surface area contributed by atoms with E-state index in [9.17, 15) is 0 Å². The number of hydrogen-bond donors (Lipinski definition) is 1. The zero-order valence-electron chi connectivity index (χ0n) is 12.0. The summed E-state index contributed by atoms with van der Waals surface area (Å²) in [5.41, 5.74) is 3.66. The van der Waals surface area contributed by atoms with E-state index in [4.69, 9.17) is 4.74 Å². The van der Waals surface area contributed by atoms with Crippen molar-refractivity contribution >= 4 is 31.9 Å². The predicted molar refractivity (Wildman–Crippen MR) is 92.8 cm³/mol. The Bertz CT molecular complexity index is 672. The first-order valence-electron chi connectivity index (χ1n) is 6.98. The van der Waals surface area contributed by atoms with Gasteiger partial charge in [0.2, 0.25) is 0 Å². The Labute approximate surface area is 142 Å². The molecule has 2 aromatic rings. The Morgan fingerprint density at radius 2 is 1.90 bits per heavy atom. The maximum atomic E-state index is 6.23. The lowest BCUT2D eigenvalue weighted by Gasteiger charge is -2.33. The Balaban J connectivity index is 1.98. The first-order chi connectivity index (χ1) is 10.1. The summed E-state index contributed by atoms with van der Waals surface area (Å²) in [6.07, 6.45) is 0.979. The second-order valence-electron chi connectivity index (χ2n) is 5.39. The van der Waals surface area contributed by atoms with Crippen molar-refractivity contribution in [2.45, 2.75) is 25.5 Å². The summed E-state index contributed by atoms with van der Waals surface area (Å²) in [4.78, 5) is 0. The molecule has 3 rings (SSSR count). The number of halogens is 2. The Hall–Kier alpha value is -0.840. The minimum atomic E-state index is 0.0612. The molecule has 0 fully saturated rings. The van der Waals surface area contributed by atoms with Gasteiger partial charge in [-0.15, -0.1) is 0 Å². The van der Waals surface area contributed by atoms with Crippen LogP contribution in [-0.2, 0) is 0 Å². The van der Waals surface area contributed by atoms with Crippen molar-refractivity contribution in [3.8, 4) is 5.75 Å². The van der Waals surface area contributed by atoms with Crippen molar-refractivity contribution in [1.82, 2.24) is 5.32 Å². The molecule has 0 saturated heterocycles. The number of benzene rings is 2. The highest BCUT2D eigenvalue weighted by Crippen LogP contribution is 2.43. The molecule has 0 aliphatic carbocycles. The fourth-order valence-electron chi connectivity index (χ4n) is 2.80. The minimum Gasteiger partial charge on any atom is -0.485 e. The molecule has 1 aliphatic rings. The third kappa shape index (κ3) is 3.03. The van der Waals surface area contributed by atoms with Crippen LogP contribution in [0.1, 0.15) is 35.3 Å². The van der Waals surface area contributed by atoms with Crippen LogP contribution >= 0.6 is 31.9 Å². The Kier molecular flexibility index (Phi) is 4.38. The zero-order valence-corrected chi connectivity index (χ0v) is 15.2. The van der Waals surface area contributed by atoms with Gasteiger partial charge in [0.15, 0.2) is 0 Å². The highest BCUT2D eigenvalue weighted by molar-refractivity contribution is 9.10. The molecule has 1 aliphatic heterocycles. The van der Waals surface area contributed by atoms with Gasteiger partial charge >= 0.3 is 0 Å². The van der Waals surface area contributed by atoms with E-state index in [1.807, 2.05) is 19.2 Å². The number of aryl methyl sites for hydroxylation is 1. The third-order valence-electron chi connectivity index (χ3n) is 3.92. The van der Waals surface area contributed by atoms with Crippen LogP contribution in [0.25, 0.3) is 0 Å². The fraction of sp³-hybridized carbons (Fsp3) is 0.294. The topological polar surface area (TPSA) is 21.3 Å². The molecule has 110 valence electrons. The summed E-state index contributed by atoms with van der Waals surface area (Å²) in [5.74, 6) is 0.960. The van der Waals surface area contributed by atoms with Gasteiger partial charge in [-0.1, -0.05) is 44.0 Å². The van der Waals surface area contributed by atoms with E-state index in [2.05, 4.69) is 68.4 Å². The van der Waals surface area contributed by atoms with E-state index in [1.54, 1.807) is 0 Å². The van der Waals surface area contributed by atoms with Gasteiger partial charge < -0.3 is 10.1 Å². The predicted octanol–water partition coefficient (Wildman–Crippen LogP) is 5.30. The average molecular weight is 411 g/mol. The molecule has 21 heavy (non-hydrogen) atoms. The Morgan fingerprint density at radius 3 is 2.62 bits per heavy atom. The molecule has 0 aromatic heterocycles. The molecule has 0 radical (unpaired) electrons. The van der Waals surface area contributed by atoms with Gasteiger partial charge in [-0.25, -0.2) is 0 Å². The van der Waals surface area contributed by atoms with Crippen LogP contribution in [0.2, 0.25) is 0 Å². The van der Waals surface area contributed by atoms with Crippen LogP contribution in [0, 0.1) is 6.92 Å². The van der Waals surface area contributed by atoms with Crippen molar-refractivity contribution in [3.63, 3.8) is 0 Å². The SMILES string of the molecule is CNC1CC(c2ccc(C)cc2Br)Oc2ccc(Br)cc21. The maximum absolute atomic E-state index is 6.23. The number of ether oxygens (including phenoxy) is 1. The van der Waals surface area contributed by atoms with Crippen LogP contribution in [0.15, 0.2) is 45.3 Å². The van der Waals surface area contributed by atoms with Gasteiger partial charge in [-0.2, -0.15) is 0 Å². The third-order valence-corrected chi connectivity index (χ3v) is 5.10. The molecule has 0 saturated carbocycles. The van der Waals surface area contributed by atoms with Crippen molar-refractivity contribution in [1.29, 1.82) is 0 Å². The van der Waals surface area contributed by atoms with Gasteiger partial charge in [0.25, 0.3) is 0 Å². The van der Waals surface area contributed by atoms with Crippen LogP contribution in [0.4, 0.5) is 0 Å². The van der Waals surface area contributed by atoms with Crippen LogP contribution in [0.3, 0.4) is 0 Å². The summed E-state index contributed by atoms with van der Waals surface area (Å²) >= 11 is 7.20. The molecule has 1 N–H and O–H groups in total. The van der Waals surface area contributed by atoms with Crippen molar-refractivity contribution in [3.05, 3.63) is 62.0 Å². The number of hydrogen-bond acceptors (Lipinski definition) is 2. The largest absolute Gasteiger partial charge is 0.485 e. The van der Waals surface area contributed by atoms with E-state index in [0.717, 1.165) is 21.1 Å². The van der Waals surface area contributed by atoms with Crippen LogP contribution in [0.5, 0.6) is 5.75 Å². The van der Waals surface area contributed by atoms with E-state index in [1.165, 1.54) is 16.7 Å². The molecule has 2 nitrogen and oxygen atoms in total. The van der Waals surface area contributed by atoms with Gasteiger partial charge in [0, 0.05) is 32.5 Å². The number of nitrogens with one attached hydrogen (secondary N) is 1. The lowest BCUT2D eigenvalue weighted by atomic mass is 9.93. The molecule has 0 bridgehead atoms. The highest BCUT2D eigenvalue weighted by Gasteiger charge is 2.29. The van der Waals surface area contributed by atoms with Crippen LogP contribution in [-0.4, -0.2) is 7.05 Å². The molecule has 0 spiro atoms. The molecular weight excluding hydrogens is 394 g/mol. The summed E-state index contributed by atoms with van der Waals surface area (Å²) in [6.45, 7) is 2.10. The van der Waals surface area contributed by atoms with Gasteiger partial charge in [-0.3, -0.25) is 0 Å². The van der Waals surface area contributed by atoms with E-state index < -0.39 is 0 Å². The average Bonchev–Trinajstić information content (AvgIpc) is 2.46. The molecule has 2 atom stereocenters. The van der Waals surface area contributed by atoms with Gasteiger partial charge in [0.1, 0.15) is 11.9 Å². The first-order valence-corrected chi connectivity index (χ1v) is 8.56. The lowest BCUT2D eigenvalue weighted by Crippen LogP contribution is -2.27. The van der Waals surface area contributed by atoms with Gasteiger partial charge in [0.05, 0.1) is 0 Å². The first kappa shape index (κ1) is 15.1. The summed E-state index contributed by atoms with van der Waals surface area (Å²) < 4.78 is 8.43. The Morgan fingerprint density at radius 1 is 1.10 bits per heavy atom.